The molecular weight excluding hydrogens is 372 g/mol. The van der Waals surface area contributed by atoms with Crippen molar-refractivity contribution < 1.29 is 13.2 Å². The Kier molecular flexibility index (Phi) is 6.52. The van der Waals surface area contributed by atoms with Crippen molar-refractivity contribution in [2.45, 2.75) is 56.9 Å². The van der Waals surface area contributed by atoms with Crippen LogP contribution in [0.5, 0.6) is 0 Å². The maximum absolute atomic E-state index is 13.1. The maximum Gasteiger partial charge on any atom is 0.255 e. The Balaban J connectivity index is 1.74. The third kappa shape index (κ3) is 4.62. The molecule has 1 N–H and O–H groups in total. The SMILES string of the molecule is CCN(C1CCCCC1)S(=O)(=O)c1ccc(C(=O)Nc2ccc(C)cc2)cc1. The number of hydrogen-bond acceptors (Lipinski definition) is 3. The topological polar surface area (TPSA) is 66.5 Å². The minimum Gasteiger partial charge on any atom is -0.322 e. The smallest absolute Gasteiger partial charge is 0.255 e. The monoisotopic (exact) mass is 400 g/mol. The van der Waals surface area contributed by atoms with Crippen LogP contribution in [0.4, 0.5) is 5.69 Å². The Hall–Kier alpha value is -2.18. The van der Waals surface area contributed by atoms with Crippen molar-refractivity contribution >= 4 is 21.6 Å². The van der Waals surface area contributed by atoms with Crippen LogP contribution >= 0.6 is 0 Å². The highest BCUT2D eigenvalue weighted by Crippen LogP contribution is 2.27. The van der Waals surface area contributed by atoms with Crippen LogP contribution in [-0.2, 0) is 10.0 Å². The molecule has 1 aliphatic carbocycles. The van der Waals surface area contributed by atoms with E-state index in [9.17, 15) is 13.2 Å². The van der Waals surface area contributed by atoms with Crippen molar-refractivity contribution in [1.29, 1.82) is 0 Å². The van der Waals surface area contributed by atoms with Gasteiger partial charge in [0.2, 0.25) is 10.0 Å². The van der Waals surface area contributed by atoms with Gasteiger partial charge in [-0.05, 0) is 56.2 Å². The van der Waals surface area contributed by atoms with Crippen molar-refractivity contribution in [3.63, 3.8) is 0 Å². The molecule has 0 unspecified atom stereocenters. The van der Waals surface area contributed by atoms with Crippen molar-refractivity contribution in [3.05, 3.63) is 59.7 Å². The summed E-state index contributed by atoms with van der Waals surface area (Å²) in [5.41, 5.74) is 2.26. The van der Waals surface area contributed by atoms with Crippen LogP contribution in [0.2, 0.25) is 0 Å². The van der Waals surface area contributed by atoms with Crippen molar-refractivity contribution in [2.24, 2.45) is 0 Å². The van der Waals surface area contributed by atoms with E-state index in [0.29, 0.717) is 17.8 Å². The molecule has 1 saturated carbocycles. The summed E-state index contributed by atoms with van der Waals surface area (Å²) in [6, 6.07) is 13.8. The van der Waals surface area contributed by atoms with Gasteiger partial charge in [0.05, 0.1) is 4.90 Å². The van der Waals surface area contributed by atoms with E-state index in [1.54, 1.807) is 16.4 Å². The lowest BCUT2D eigenvalue weighted by atomic mass is 9.95. The molecule has 1 fully saturated rings. The van der Waals surface area contributed by atoms with E-state index in [0.717, 1.165) is 31.2 Å². The molecule has 3 rings (SSSR count). The maximum atomic E-state index is 13.1. The highest BCUT2D eigenvalue weighted by Gasteiger charge is 2.31. The Labute approximate surface area is 167 Å². The van der Waals surface area contributed by atoms with Crippen LogP contribution in [0.3, 0.4) is 0 Å². The van der Waals surface area contributed by atoms with Gasteiger partial charge in [0.25, 0.3) is 5.91 Å². The fourth-order valence-corrected chi connectivity index (χ4v) is 5.44. The van der Waals surface area contributed by atoms with Gasteiger partial charge in [-0.2, -0.15) is 4.31 Å². The minimum absolute atomic E-state index is 0.0771. The van der Waals surface area contributed by atoms with Gasteiger partial charge in [0, 0.05) is 23.8 Å². The number of rotatable bonds is 6. The summed E-state index contributed by atoms with van der Waals surface area (Å²) in [6.07, 6.45) is 5.18. The number of carbonyl (C=O) groups is 1. The summed E-state index contributed by atoms with van der Waals surface area (Å²) in [6.45, 7) is 4.33. The number of carbonyl (C=O) groups excluding carboxylic acids is 1. The predicted molar refractivity (Wildman–Crippen MR) is 112 cm³/mol. The lowest BCUT2D eigenvalue weighted by Crippen LogP contribution is -2.41. The summed E-state index contributed by atoms with van der Waals surface area (Å²) in [7, 11) is -3.56. The quantitative estimate of drug-likeness (QED) is 0.771. The van der Waals surface area contributed by atoms with Crippen LogP contribution in [0.15, 0.2) is 53.4 Å². The van der Waals surface area contributed by atoms with Crippen LogP contribution < -0.4 is 5.32 Å². The zero-order valence-corrected chi connectivity index (χ0v) is 17.3. The zero-order chi connectivity index (χ0) is 20.1. The van der Waals surface area contributed by atoms with E-state index in [1.807, 2.05) is 38.1 Å². The Morgan fingerprint density at radius 2 is 1.61 bits per heavy atom. The second-order valence-corrected chi connectivity index (χ2v) is 9.24. The van der Waals surface area contributed by atoms with Gasteiger partial charge in [-0.1, -0.05) is 43.9 Å². The number of anilines is 1. The summed E-state index contributed by atoms with van der Waals surface area (Å²) in [4.78, 5) is 12.7. The van der Waals surface area contributed by atoms with Crippen LogP contribution in [-0.4, -0.2) is 31.2 Å². The average Bonchev–Trinajstić information content (AvgIpc) is 2.71. The van der Waals surface area contributed by atoms with E-state index < -0.39 is 10.0 Å². The molecule has 1 amide bonds. The molecule has 28 heavy (non-hydrogen) atoms. The molecule has 5 nitrogen and oxygen atoms in total. The lowest BCUT2D eigenvalue weighted by Gasteiger charge is -2.32. The first-order valence-electron chi connectivity index (χ1n) is 9.91. The second-order valence-electron chi connectivity index (χ2n) is 7.34. The van der Waals surface area contributed by atoms with Crippen LogP contribution in [0, 0.1) is 6.92 Å². The third-order valence-corrected chi connectivity index (χ3v) is 7.37. The molecule has 0 radical (unpaired) electrons. The first-order chi connectivity index (χ1) is 13.4. The number of sulfonamides is 1. The minimum atomic E-state index is -3.56. The molecule has 2 aromatic carbocycles. The molecule has 2 aromatic rings. The Bertz CT molecular complexity index is 900. The number of aryl methyl sites for hydroxylation is 1. The molecule has 0 aliphatic heterocycles. The fraction of sp³-hybridized carbons (Fsp3) is 0.409. The molecule has 0 saturated heterocycles. The number of benzene rings is 2. The van der Waals surface area contributed by atoms with Gasteiger partial charge in [-0.25, -0.2) is 8.42 Å². The number of amides is 1. The molecule has 0 heterocycles. The fourth-order valence-electron chi connectivity index (χ4n) is 3.75. The first-order valence-corrected chi connectivity index (χ1v) is 11.4. The second kappa shape index (κ2) is 8.88. The summed E-state index contributed by atoms with van der Waals surface area (Å²) in [5.74, 6) is -0.257. The molecule has 0 spiro atoms. The average molecular weight is 401 g/mol. The standard InChI is InChI=1S/C22H28N2O3S/c1-3-24(20-7-5-4-6-8-20)28(26,27)21-15-11-18(12-16-21)22(25)23-19-13-9-17(2)10-14-19/h9-16,20H,3-8H2,1-2H3,(H,23,25). The van der Waals surface area contributed by atoms with E-state index in [1.165, 1.54) is 18.6 Å². The van der Waals surface area contributed by atoms with Crippen molar-refractivity contribution in [3.8, 4) is 0 Å². The normalized spacial score (nSPS) is 15.5. The highest BCUT2D eigenvalue weighted by molar-refractivity contribution is 7.89. The van der Waals surface area contributed by atoms with E-state index >= 15 is 0 Å². The van der Waals surface area contributed by atoms with E-state index in [4.69, 9.17) is 0 Å². The van der Waals surface area contributed by atoms with Gasteiger partial charge < -0.3 is 5.32 Å². The molecular formula is C22H28N2O3S. The first kappa shape index (κ1) is 20.6. The van der Waals surface area contributed by atoms with Gasteiger partial charge in [-0.15, -0.1) is 0 Å². The van der Waals surface area contributed by atoms with Gasteiger partial charge in [0.15, 0.2) is 0 Å². The molecule has 150 valence electrons. The Morgan fingerprint density at radius 3 is 2.18 bits per heavy atom. The third-order valence-electron chi connectivity index (χ3n) is 5.33. The lowest BCUT2D eigenvalue weighted by molar-refractivity contribution is 0.102. The van der Waals surface area contributed by atoms with E-state index in [-0.39, 0.29) is 16.8 Å². The predicted octanol–water partition coefficient (Wildman–Crippen LogP) is 4.59. The summed E-state index contributed by atoms with van der Waals surface area (Å²) < 4.78 is 27.8. The van der Waals surface area contributed by atoms with Crippen LogP contribution in [0.1, 0.15) is 54.9 Å². The summed E-state index contributed by atoms with van der Waals surface area (Å²) in [5, 5.41) is 2.83. The molecule has 0 aromatic heterocycles. The Morgan fingerprint density at radius 1 is 1.00 bits per heavy atom. The van der Waals surface area contributed by atoms with Crippen molar-refractivity contribution in [1.82, 2.24) is 4.31 Å². The molecule has 0 atom stereocenters. The largest absolute Gasteiger partial charge is 0.322 e. The van der Waals surface area contributed by atoms with Gasteiger partial charge in [-0.3, -0.25) is 4.79 Å². The molecule has 0 bridgehead atoms. The van der Waals surface area contributed by atoms with Crippen molar-refractivity contribution in [2.75, 3.05) is 11.9 Å². The number of nitrogens with one attached hydrogen (secondary N) is 1. The summed E-state index contributed by atoms with van der Waals surface area (Å²) >= 11 is 0. The molecule has 1 aliphatic rings. The highest BCUT2D eigenvalue weighted by atomic mass is 32.2. The van der Waals surface area contributed by atoms with Crippen LogP contribution in [0.25, 0.3) is 0 Å². The van der Waals surface area contributed by atoms with E-state index in [2.05, 4.69) is 5.32 Å². The molecule has 6 heteroatoms. The number of nitrogens with zero attached hydrogens (tertiary/aromatic N) is 1. The number of hydrogen-bond donors (Lipinski definition) is 1. The zero-order valence-electron chi connectivity index (χ0n) is 16.5. The van der Waals surface area contributed by atoms with Gasteiger partial charge >= 0.3 is 0 Å². The van der Waals surface area contributed by atoms with Gasteiger partial charge in [0.1, 0.15) is 0 Å².